The van der Waals surface area contributed by atoms with Crippen LogP contribution in [0.1, 0.15) is 22.5 Å². The van der Waals surface area contributed by atoms with E-state index >= 15 is 0 Å². The van der Waals surface area contributed by atoms with Crippen molar-refractivity contribution in [3.63, 3.8) is 0 Å². The summed E-state index contributed by atoms with van der Waals surface area (Å²) in [7, 11) is 0. The van der Waals surface area contributed by atoms with Crippen molar-refractivity contribution in [2.75, 3.05) is 32.7 Å². The summed E-state index contributed by atoms with van der Waals surface area (Å²) in [5, 5.41) is 5.11. The molecule has 2 heterocycles. The normalized spacial score (nSPS) is 18.6. The highest BCUT2D eigenvalue weighted by Gasteiger charge is 2.34. The number of carbonyl (C=O) groups is 2. The van der Waals surface area contributed by atoms with Crippen LogP contribution >= 0.6 is 0 Å². The molecule has 1 aromatic heterocycles. The van der Waals surface area contributed by atoms with Gasteiger partial charge in [-0.05, 0) is 31.9 Å². The Labute approximate surface area is 137 Å². The zero-order valence-electron chi connectivity index (χ0n) is 13.3. The van der Waals surface area contributed by atoms with Gasteiger partial charge in [-0.3, -0.25) is 14.5 Å². The molecule has 2 amide bonds. The van der Waals surface area contributed by atoms with Crippen molar-refractivity contribution in [3.05, 3.63) is 23.7 Å². The highest BCUT2D eigenvalue weighted by Crippen LogP contribution is 2.22. The number of hydrogen-bond acceptors (Lipinski definition) is 4. The first-order valence-electron chi connectivity index (χ1n) is 7.62. The van der Waals surface area contributed by atoms with Crippen LogP contribution in [0.25, 0.3) is 0 Å². The lowest BCUT2D eigenvalue weighted by Gasteiger charge is -2.18. The number of alkyl halides is 3. The average Bonchev–Trinajstić information content (AvgIpc) is 3.09. The average molecular weight is 347 g/mol. The summed E-state index contributed by atoms with van der Waals surface area (Å²) in [6, 6.07) is 1.51. The fourth-order valence-corrected chi connectivity index (χ4v) is 2.67. The Hall–Kier alpha value is -2.03. The number of nitrogens with one attached hydrogen (secondary N) is 2. The lowest BCUT2D eigenvalue weighted by molar-refractivity contribution is -0.143. The molecule has 0 aliphatic carbocycles. The molecule has 2 rings (SSSR count). The van der Waals surface area contributed by atoms with E-state index < -0.39 is 18.6 Å². The number of nitrogens with zero attached hydrogens (tertiary/aromatic N) is 1. The van der Waals surface area contributed by atoms with Gasteiger partial charge in [-0.15, -0.1) is 0 Å². The third kappa shape index (κ3) is 5.55. The topological polar surface area (TPSA) is 74.6 Å². The summed E-state index contributed by atoms with van der Waals surface area (Å²) in [5.41, 5.74) is 0.362. The number of rotatable bonds is 6. The van der Waals surface area contributed by atoms with E-state index in [0.717, 1.165) is 0 Å². The first-order valence-corrected chi connectivity index (χ1v) is 7.62. The van der Waals surface area contributed by atoms with Crippen molar-refractivity contribution in [1.82, 2.24) is 15.5 Å². The predicted octanol–water partition coefficient (Wildman–Crippen LogP) is 1.32. The number of furan rings is 1. The standard InChI is InChI=1S/C15H20F3N3O3/c1-10-12(3-5-24-10)14(23)20-7-13(22)19-6-11-2-4-21(8-11)9-15(16,17)18/h3,5,11H,2,4,6-9H2,1H3,(H,19,22)(H,20,23). The van der Waals surface area contributed by atoms with E-state index in [0.29, 0.717) is 37.4 Å². The van der Waals surface area contributed by atoms with Crippen LogP contribution in [0.4, 0.5) is 13.2 Å². The molecule has 1 aromatic rings. The Balaban J connectivity index is 1.65. The van der Waals surface area contributed by atoms with Gasteiger partial charge >= 0.3 is 6.18 Å². The third-order valence-electron chi connectivity index (χ3n) is 3.87. The third-order valence-corrected chi connectivity index (χ3v) is 3.87. The number of halogens is 3. The number of amides is 2. The largest absolute Gasteiger partial charge is 0.469 e. The molecule has 0 aromatic carbocycles. The monoisotopic (exact) mass is 347 g/mol. The number of carbonyl (C=O) groups excluding carboxylic acids is 2. The van der Waals surface area contributed by atoms with E-state index in [-0.39, 0.29) is 18.4 Å². The second-order valence-electron chi connectivity index (χ2n) is 5.88. The second kappa shape index (κ2) is 7.69. The molecule has 1 aliphatic rings. The van der Waals surface area contributed by atoms with Gasteiger partial charge in [0.05, 0.1) is 24.9 Å². The molecule has 2 N–H and O–H groups in total. The van der Waals surface area contributed by atoms with Gasteiger partial charge in [-0.2, -0.15) is 13.2 Å². The molecular formula is C15H20F3N3O3. The van der Waals surface area contributed by atoms with Gasteiger partial charge in [0.25, 0.3) is 5.91 Å². The summed E-state index contributed by atoms with van der Waals surface area (Å²) in [6.45, 7) is 1.51. The predicted molar refractivity (Wildman–Crippen MR) is 79.4 cm³/mol. The van der Waals surface area contributed by atoms with Crippen LogP contribution in [0.15, 0.2) is 16.7 Å². The van der Waals surface area contributed by atoms with Crippen LogP contribution in [0.5, 0.6) is 0 Å². The highest BCUT2D eigenvalue weighted by atomic mass is 19.4. The highest BCUT2D eigenvalue weighted by molar-refractivity contribution is 5.97. The summed E-state index contributed by atoms with van der Waals surface area (Å²) in [6.07, 6.45) is -2.21. The van der Waals surface area contributed by atoms with E-state index in [1.54, 1.807) is 6.92 Å². The van der Waals surface area contributed by atoms with E-state index in [9.17, 15) is 22.8 Å². The van der Waals surface area contributed by atoms with Gasteiger partial charge in [0, 0.05) is 13.1 Å². The van der Waals surface area contributed by atoms with Crippen LogP contribution in [0.2, 0.25) is 0 Å². The van der Waals surface area contributed by atoms with Gasteiger partial charge in [0.15, 0.2) is 0 Å². The lowest BCUT2D eigenvalue weighted by atomic mass is 10.1. The minimum Gasteiger partial charge on any atom is -0.469 e. The maximum atomic E-state index is 12.3. The van der Waals surface area contributed by atoms with Crippen LogP contribution < -0.4 is 10.6 Å². The maximum absolute atomic E-state index is 12.3. The lowest BCUT2D eigenvalue weighted by Crippen LogP contribution is -2.39. The van der Waals surface area contributed by atoms with Crippen molar-refractivity contribution >= 4 is 11.8 Å². The Kier molecular flexibility index (Phi) is 5.87. The molecule has 0 saturated carbocycles. The molecule has 0 spiro atoms. The summed E-state index contributed by atoms with van der Waals surface area (Å²) in [5.74, 6) is -0.334. The minimum atomic E-state index is -4.20. The number of hydrogen-bond donors (Lipinski definition) is 2. The first kappa shape index (κ1) is 18.3. The molecule has 0 bridgehead atoms. The quantitative estimate of drug-likeness (QED) is 0.814. The Bertz CT molecular complexity index is 586. The van der Waals surface area contributed by atoms with Gasteiger partial charge < -0.3 is 15.1 Å². The Morgan fingerprint density at radius 3 is 2.75 bits per heavy atom. The maximum Gasteiger partial charge on any atom is 0.401 e. The van der Waals surface area contributed by atoms with E-state index in [1.165, 1.54) is 17.2 Å². The Morgan fingerprint density at radius 2 is 2.12 bits per heavy atom. The van der Waals surface area contributed by atoms with Crippen LogP contribution in [0.3, 0.4) is 0 Å². The van der Waals surface area contributed by atoms with Crippen LogP contribution in [-0.4, -0.2) is 55.6 Å². The molecule has 1 saturated heterocycles. The second-order valence-corrected chi connectivity index (χ2v) is 5.88. The van der Waals surface area contributed by atoms with Gasteiger partial charge in [-0.25, -0.2) is 0 Å². The SMILES string of the molecule is Cc1occc1C(=O)NCC(=O)NCC1CCN(CC(F)(F)F)C1. The van der Waals surface area contributed by atoms with Crippen molar-refractivity contribution in [2.45, 2.75) is 19.5 Å². The fraction of sp³-hybridized carbons (Fsp3) is 0.600. The zero-order valence-corrected chi connectivity index (χ0v) is 13.3. The van der Waals surface area contributed by atoms with E-state index in [2.05, 4.69) is 10.6 Å². The zero-order chi connectivity index (χ0) is 17.7. The molecule has 1 unspecified atom stereocenters. The molecule has 1 atom stereocenters. The first-order chi connectivity index (χ1) is 11.2. The van der Waals surface area contributed by atoms with Gasteiger partial charge in [0.1, 0.15) is 5.76 Å². The molecule has 6 nitrogen and oxygen atoms in total. The van der Waals surface area contributed by atoms with Crippen LogP contribution in [-0.2, 0) is 4.79 Å². The minimum absolute atomic E-state index is 0.0110. The summed E-state index contributed by atoms with van der Waals surface area (Å²) < 4.78 is 41.9. The summed E-state index contributed by atoms with van der Waals surface area (Å²) >= 11 is 0. The molecule has 134 valence electrons. The van der Waals surface area contributed by atoms with Gasteiger partial charge in [0.2, 0.25) is 5.91 Å². The van der Waals surface area contributed by atoms with Crippen molar-refractivity contribution in [2.24, 2.45) is 5.92 Å². The molecule has 9 heteroatoms. The molecular weight excluding hydrogens is 327 g/mol. The molecule has 1 fully saturated rings. The van der Waals surface area contributed by atoms with Crippen LogP contribution in [0, 0.1) is 12.8 Å². The number of aryl methyl sites for hydroxylation is 1. The molecule has 1 aliphatic heterocycles. The van der Waals surface area contributed by atoms with Crippen molar-refractivity contribution in [3.8, 4) is 0 Å². The van der Waals surface area contributed by atoms with Crippen molar-refractivity contribution in [1.29, 1.82) is 0 Å². The van der Waals surface area contributed by atoms with E-state index in [4.69, 9.17) is 4.42 Å². The molecule has 0 radical (unpaired) electrons. The Morgan fingerprint density at radius 1 is 1.38 bits per heavy atom. The molecule has 24 heavy (non-hydrogen) atoms. The summed E-state index contributed by atoms with van der Waals surface area (Å²) in [4.78, 5) is 24.9. The van der Waals surface area contributed by atoms with Gasteiger partial charge in [-0.1, -0.05) is 0 Å². The van der Waals surface area contributed by atoms with E-state index in [1.807, 2.05) is 0 Å². The number of likely N-dealkylation sites (tertiary alicyclic amines) is 1. The van der Waals surface area contributed by atoms with Crippen molar-refractivity contribution < 1.29 is 27.2 Å². The smallest absolute Gasteiger partial charge is 0.401 e. The fourth-order valence-electron chi connectivity index (χ4n) is 2.67.